The van der Waals surface area contributed by atoms with Crippen molar-refractivity contribution in [2.24, 2.45) is 5.92 Å². The number of rotatable bonds is 7. The summed E-state index contributed by atoms with van der Waals surface area (Å²) in [7, 11) is -3.77. The molecule has 0 bridgehead atoms. The maximum absolute atomic E-state index is 13.9. The maximum atomic E-state index is 13.9. The highest BCUT2D eigenvalue weighted by atomic mass is 32.2. The third-order valence-corrected chi connectivity index (χ3v) is 5.72. The van der Waals surface area contributed by atoms with Crippen molar-refractivity contribution in [2.45, 2.75) is 56.1 Å². The van der Waals surface area contributed by atoms with E-state index in [4.69, 9.17) is 0 Å². The Labute approximate surface area is 125 Å². The molecule has 0 amide bonds. The first-order chi connectivity index (χ1) is 9.99. The van der Waals surface area contributed by atoms with Crippen LogP contribution in [0.15, 0.2) is 23.1 Å². The molecular weight excluding hydrogens is 291 g/mol. The van der Waals surface area contributed by atoms with Crippen LogP contribution in [0.3, 0.4) is 0 Å². The zero-order valence-electron chi connectivity index (χ0n) is 12.1. The molecule has 2 atom stereocenters. The Morgan fingerprint density at radius 1 is 1.33 bits per heavy atom. The quantitative estimate of drug-likeness (QED) is 0.811. The average molecular weight is 312 g/mol. The van der Waals surface area contributed by atoms with Crippen LogP contribution >= 0.6 is 0 Å². The van der Waals surface area contributed by atoms with Crippen molar-refractivity contribution in [3.63, 3.8) is 0 Å². The summed E-state index contributed by atoms with van der Waals surface area (Å²) in [5.74, 6) is -0.297. The predicted molar refractivity (Wildman–Crippen MR) is 78.8 cm³/mol. The first-order valence-corrected chi connectivity index (χ1v) is 9.02. The van der Waals surface area contributed by atoms with E-state index in [1.165, 1.54) is 12.1 Å². The lowest BCUT2D eigenvalue weighted by atomic mass is 10.2. The van der Waals surface area contributed by atoms with E-state index in [-0.39, 0.29) is 10.9 Å². The minimum absolute atomic E-state index is 0.0346. The van der Waals surface area contributed by atoms with Gasteiger partial charge in [0.05, 0.1) is 0 Å². The average Bonchev–Trinajstić information content (AvgIpc) is 3.33. The third-order valence-electron chi connectivity index (χ3n) is 4.21. The van der Waals surface area contributed by atoms with Gasteiger partial charge in [-0.3, -0.25) is 0 Å². The third kappa shape index (κ3) is 3.62. The highest BCUT2D eigenvalue weighted by molar-refractivity contribution is 7.89. The van der Waals surface area contributed by atoms with E-state index in [0.717, 1.165) is 31.2 Å². The van der Waals surface area contributed by atoms with Crippen LogP contribution in [-0.4, -0.2) is 20.5 Å². The number of sulfonamides is 1. The summed E-state index contributed by atoms with van der Waals surface area (Å²) >= 11 is 0. The number of benzene rings is 1. The van der Waals surface area contributed by atoms with E-state index in [0.29, 0.717) is 18.5 Å². The summed E-state index contributed by atoms with van der Waals surface area (Å²) in [4.78, 5) is -0.237. The summed E-state index contributed by atoms with van der Waals surface area (Å²) in [5, 5.41) is 3.30. The number of hydrogen-bond acceptors (Lipinski definition) is 3. The fraction of sp³-hybridized carbons (Fsp3) is 0.600. The van der Waals surface area contributed by atoms with E-state index in [2.05, 4.69) is 10.0 Å². The number of nitrogens with one attached hydrogen (secondary N) is 2. The van der Waals surface area contributed by atoms with Crippen molar-refractivity contribution in [2.75, 3.05) is 0 Å². The largest absolute Gasteiger partial charge is 0.310 e. The van der Waals surface area contributed by atoms with Crippen molar-refractivity contribution in [1.29, 1.82) is 0 Å². The molecule has 4 nitrogen and oxygen atoms in total. The Morgan fingerprint density at radius 3 is 2.71 bits per heavy atom. The molecule has 2 aliphatic rings. The van der Waals surface area contributed by atoms with E-state index in [9.17, 15) is 12.8 Å². The van der Waals surface area contributed by atoms with Crippen molar-refractivity contribution < 1.29 is 12.8 Å². The summed E-state index contributed by atoms with van der Waals surface area (Å²) in [6, 6.07) is 4.81. The molecule has 2 saturated carbocycles. The van der Waals surface area contributed by atoms with Crippen LogP contribution in [0.2, 0.25) is 0 Å². The highest BCUT2D eigenvalue weighted by Gasteiger charge is 2.39. The minimum atomic E-state index is -3.77. The van der Waals surface area contributed by atoms with Gasteiger partial charge in [0.15, 0.2) is 0 Å². The van der Waals surface area contributed by atoms with Crippen LogP contribution < -0.4 is 10.0 Å². The molecule has 3 rings (SSSR count). The molecule has 1 aromatic rings. The molecule has 1 aromatic carbocycles. The van der Waals surface area contributed by atoms with Gasteiger partial charge in [0.25, 0.3) is 0 Å². The van der Waals surface area contributed by atoms with E-state index in [1.54, 1.807) is 6.07 Å². The number of halogens is 1. The Bertz CT molecular complexity index is 629. The maximum Gasteiger partial charge on any atom is 0.243 e. The van der Waals surface area contributed by atoms with Gasteiger partial charge >= 0.3 is 0 Å². The first-order valence-electron chi connectivity index (χ1n) is 7.53. The summed E-state index contributed by atoms with van der Waals surface area (Å²) < 4.78 is 41.1. The van der Waals surface area contributed by atoms with Gasteiger partial charge in [-0.05, 0) is 42.9 Å². The van der Waals surface area contributed by atoms with Crippen LogP contribution in [0.5, 0.6) is 0 Å². The zero-order valence-corrected chi connectivity index (χ0v) is 12.9. The van der Waals surface area contributed by atoms with Gasteiger partial charge in [-0.15, -0.1) is 0 Å². The van der Waals surface area contributed by atoms with Gasteiger partial charge in [-0.2, -0.15) is 0 Å². The zero-order chi connectivity index (χ0) is 15.0. The SMILES string of the molecule is CCC1CC1NS(=O)(=O)c1cc(CNC2CC2)ccc1F. The van der Waals surface area contributed by atoms with Gasteiger partial charge in [-0.1, -0.05) is 19.4 Å². The van der Waals surface area contributed by atoms with Gasteiger partial charge in [0.2, 0.25) is 10.0 Å². The van der Waals surface area contributed by atoms with Crippen molar-refractivity contribution >= 4 is 10.0 Å². The second-order valence-electron chi connectivity index (χ2n) is 6.05. The second kappa shape index (κ2) is 5.66. The highest BCUT2D eigenvalue weighted by Crippen LogP contribution is 2.34. The molecule has 21 heavy (non-hydrogen) atoms. The van der Waals surface area contributed by atoms with Gasteiger partial charge in [-0.25, -0.2) is 17.5 Å². The van der Waals surface area contributed by atoms with E-state index >= 15 is 0 Å². The molecule has 2 unspecified atom stereocenters. The molecule has 6 heteroatoms. The lowest BCUT2D eigenvalue weighted by Gasteiger charge is -2.10. The van der Waals surface area contributed by atoms with Crippen LogP contribution in [0.25, 0.3) is 0 Å². The standard InChI is InChI=1S/C15H21FN2O2S/c1-2-11-8-14(11)18-21(19,20)15-7-10(3-6-13(15)16)9-17-12-4-5-12/h3,6-7,11-12,14,17-18H,2,4-5,8-9H2,1H3. The van der Waals surface area contributed by atoms with E-state index in [1.807, 2.05) is 6.92 Å². The Balaban J connectivity index is 1.74. The molecule has 0 aliphatic heterocycles. The monoisotopic (exact) mass is 312 g/mol. The summed E-state index contributed by atoms with van der Waals surface area (Å²) in [6.07, 6.45) is 4.11. The second-order valence-corrected chi connectivity index (χ2v) is 7.73. The van der Waals surface area contributed by atoms with Crippen molar-refractivity contribution in [3.05, 3.63) is 29.6 Å². The Morgan fingerprint density at radius 2 is 2.10 bits per heavy atom. The molecule has 0 spiro atoms. The van der Waals surface area contributed by atoms with Gasteiger partial charge in [0.1, 0.15) is 10.7 Å². The van der Waals surface area contributed by atoms with Crippen LogP contribution in [0.4, 0.5) is 4.39 Å². The molecule has 2 aliphatic carbocycles. The molecule has 116 valence electrons. The fourth-order valence-electron chi connectivity index (χ4n) is 2.52. The number of hydrogen-bond donors (Lipinski definition) is 2. The molecule has 2 fully saturated rings. The van der Waals surface area contributed by atoms with Gasteiger partial charge in [0, 0.05) is 18.6 Å². The van der Waals surface area contributed by atoms with Crippen molar-refractivity contribution in [3.8, 4) is 0 Å². The smallest absolute Gasteiger partial charge is 0.243 e. The molecular formula is C15H21FN2O2S. The normalized spacial score (nSPS) is 25.0. The summed E-state index contributed by atoms with van der Waals surface area (Å²) in [6.45, 7) is 2.61. The predicted octanol–water partition coefficient (Wildman–Crippen LogP) is 2.15. The minimum Gasteiger partial charge on any atom is -0.310 e. The molecule has 2 N–H and O–H groups in total. The van der Waals surface area contributed by atoms with Crippen LogP contribution in [0.1, 0.15) is 38.2 Å². The van der Waals surface area contributed by atoms with Crippen LogP contribution in [0, 0.1) is 11.7 Å². The Hall–Kier alpha value is -0.980. The van der Waals surface area contributed by atoms with Crippen molar-refractivity contribution in [1.82, 2.24) is 10.0 Å². The lowest BCUT2D eigenvalue weighted by molar-refractivity contribution is 0.552. The first kappa shape index (κ1) is 14.9. The van der Waals surface area contributed by atoms with Crippen LogP contribution in [-0.2, 0) is 16.6 Å². The summed E-state index contributed by atoms with van der Waals surface area (Å²) in [5.41, 5.74) is 0.798. The molecule has 0 saturated heterocycles. The molecule has 0 heterocycles. The topological polar surface area (TPSA) is 58.2 Å². The molecule has 0 radical (unpaired) electrons. The Kier molecular flexibility index (Phi) is 4.03. The molecule has 0 aromatic heterocycles. The lowest BCUT2D eigenvalue weighted by Crippen LogP contribution is -2.28. The fourth-order valence-corrected chi connectivity index (χ4v) is 3.96. The van der Waals surface area contributed by atoms with Gasteiger partial charge < -0.3 is 5.32 Å². The van der Waals surface area contributed by atoms with E-state index < -0.39 is 15.8 Å².